The molecule has 0 heterocycles. The molecule has 0 aliphatic rings. The Labute approximate surface area is 94.5 Å². The highest BCUT2D eigenvalue weighted by Gasteiger charge is 1.96. The molecule has 0 amide bonds. The number of carbonyl (C=O) groups excluding carboxylic acids is 1. The SMILES string of the molecule is COC(=O)C/C=C\Cc1ccccc1Cl. The number of benzene rings is 1. The van der Waals surface area contributed by atoms with E-state index in [1.807, 2.05) is 30.3 Å². The third-order valence-corrected chi connectivity index (χ3v) is 2.34. The first-order valence-electron chi connectivity index (χ1n) is 4.69. The zero-order valence-electron chi connectivity index (χ0n) is 8.57. The summed E-state index contributed by atoms with van der Waals surface area (Å²) in [6.45, 7) is 0. The number of ether oxygens (including phenoxy) is 1. The van der Waals surface area contributed by atoms with Gasteiger partial charge in [0, 0.05) is 5.02 Å². The second-order valence-corrected chi connectivity index (χ2v) is 3.45. The van der Waals surface area contributed by atoms with E-state index in [4.69, 9.17) is 11.6 Å². The quantitative estimate of drug-likeness (QED) is 0.581. The van der Waals surface area contributed by atoms with E-state index in [1.54, 1.807) is 6.08 Å². The maximum absolute atomic E-state index is 10.8. The van der Waals surface area contributed by atoms with E-state index in [-0.39, 0.29) is 5.97 Å². The number of rotatable bonds is 4. The van der Waals surface area contributed by atoms with Crippen LogP contribution in [0.4, 0.5) is 0 Å². The zero-order valence-corrected chi connectivity index (χ0v) is 9.33. The summed E-state index contributed by atoms with van der Waals surface area (Å²) in [5, 5.41) is 0.750. The Morgan fingerprint density at radius 1 is 1.40 bits per heavy atom. The van der Waals surface area contributed by atoms with E-state index in [0.717, 1.165) is 17.0 Å². The Balaban J connectivity index is 2.44. The van der Waals surface area contributed by atoms with Crippen LogP contribution in [0.25, 0.3) is 0 Å². The highest BCUT2D eigenvalue weighted by molar-refractivity contribution is 6.31. The number of halogens is 1. The first kappa shape index (κ1) is 11.8. The van der Waals surface area contributed by atoms with E-state index in [2.05, 4.69) is 4.74 Å². The van der Waals surface area contributed by atoms with E-state index in [9.17, 15) is 4.79 Å². The van der Waals surface area contributed by atoms with E-state index < -0.39 is 0 Å². The molecule has 1 rings (SSSR count). The Hall–Kier alpha value is -1.28. The summed E-state index contributed by atoms with van der Waals surface area (Å²) in [6, 6.07) is 7.65. The fourth-order valence-electron chi connectivity index (χ4n) is 1.14. The van der Waals surface area contributed by atoms with Crippen molar-refractivity contribution in [1.82, 2.24) is 0 Å². The molecule has 0 fully saturated rings. The summed E-state index contributed by atoms with van der Waals surface area (Å²) < 4.78 is 4.51. The van der Waals surface area contributed by atoms with Crippen molar-refractivity contribution in [3.8, 4) is 0 Å². The van der Waals surface area contributed by atoms with E-state index in [0.29, 0.717) is 6.42 Å². The molecule has 2 nitrogen and oxygen atoms in total. The summed E-state index contributed by atoms with van der Waals surface area (Å²) in [4.78, 5) is 10.8. The Bertz CT molecular complexity index is 358. The van der Waals surface area contributed by atoms with Gasteiger partial charge in [-0.3, -0.25) is 4.79 Å². The van der Waals surface area contributed by atoms with Crippen molar-refractivity contribution in [2.45, 2.75) is 12.8 Å². The smallest absolute Gasteiger partial charge is 0.309 e. The Kier molecular flexibility index (Phi) is 4.91. The topological polar surface area (TPSA) is 26.3 Å². The van der Waals surface area contributed by atoms with Crippen molar-refractivity contribution in [2.24, 2.45) is 0 Å². The molecule has 1 aromatic carbocycles. The second-order valence-electron chi connectivity index (χ2n) is 3.05. The number of esters is 1. The Morgan fingerprint density at radius 2 is 2.13 bits per heavy atom. The van der Waals surface area contributed by atoms with Crippen LogP contribution in [0, 0.1) is 0 Å². The molecule has 0 N–H and O–H groups in total. The van der Waals surface area contributed by atoms with Crippen LogP contribution in [0.5, 0.6) is 0 Å². The minimum atomic E-state index is -0.231. The van der Waals surface area contributed by atoms with Gasteiger partial charge in [-0.05, 0) is 18.1 Å². The van der Waals surface area contributed by atoms with Gasteiger partial charge in [-0.2, -0.15) is 0 Å². The molecule has 0 aliphatic heterocycles. The Morgan fingerprint density at radius 3 is 2.80 bits per heavy atom. The lowest BCUT2D eigenvalue weighted by Crippen LogP contribution is -1.96. The number of hydrogen-bond acceptors (Lipinski definition) is 2. The van der Waals surface area contributed by atoms with Crippen LogP contribution in [0.1, 0.15) is 12.0 Å². The van der Waals surface area contributed by atoms with Crippen LogP contribution in [-0.2, 0) is 16.0 Å². The van der Waals surface area contributed by atoms with E-state index >= 15 is 0 Å². The van der Waals surface area contributed by atoms with Crippen LogP contribution in [0.2, 0.25) is 5.02 Å². The molecule has 0 aliphatic carbocycles. The van der Waals surface area contributed by atoms with Crippen molar-refractivity contribution in [3.63, 3.8) is 0 Å². The fourth-order valence-corrected chi connectivity index (χ4v) is 1.35. The molecule has 0 radical (unpaired) electrons. The van der Waals surface area contributed by atoms with Crippen LogP contribution in [0.3, 0.4) is 0 Å². The summed E-state index contributed by atoms with van der Waals surface area (Å²) in [5.41, 5.74) is 1.06. The predicted octanol–water partition coefficient (Wildman–Crippen LogP) is 3.00. The first-order chi connectivity index (χ1) is 7.24. The van der Waals surface area contributed by atoms with Crippen LogP contribution >= 0.6 is 11.6 Å². The monoisotopic (exact) mass is 224 g/mol. The zero-order chi connectivity index (χ0) is 11.1. The minimum absolute atomic E-state index is 0.231. The van der Waals surface area contributed by atoms with Crippen molar-refractivity contribution >= 4 is 17.6 Å². The normalized spacial score (nSPS) is 10.5. The minimum Gasteiger partial charge on any atom is -0.469 e. The average Bonchev–Trinajstić information content (AvgIpc) is 2.26. The molecule has 3 heteroatoms. The van der Waals surface area contributed by atoms with Gasteiger partial charge in [-0.25, -0.2) is 0 Å². The molecule has 0 aromatic heterocycles. The van der Waals surface area contributed by atoms with Gasteiger partial charge >= 0.3 is 5.97 Å². The van der Waals surface area contributed by atoms with Crippen LogP contribution < -0.4 is 0 Å². The largest absolute Gasteiger partial charge is 0.469 e. The van der Waals surface area contributed by atoms with Gasteiger partial charge in [0.25, 0.3) is 0 Å². The number of methoxy groups -OCH3 is 1. The van der Waals surface area contributed by atoms with Gasteiger partial charge < -0.3 is 4.74 Å². The lowest BCUT2D eigenvalue weighted by atomic mass is 10.1. The second kappa shape index (κ2) is 6.25. The molecular weight excluding hydrogens is 212 g/mol. The molecule has 0 spiro atoms. The molecule has 0 saturated heterocycles. The van der Waals surface area contributed by atoms with Crippen LogP contribution in [-0.4, -0.2) is 13.1 Å². The predicted molar refractivity (Wildman–Crippen MR) is 60.9 cm³/mol. The highest BCUT2D eigenvalue weighted by atomic mass is 35.5. The molecule has 0 atom stereocenters. The van der Waals surface area contributed by atoms with Gasteiger partial charge in [-0.15, -0.1) is 0 Å². The molecule has 0 saturated carbocycles. The number of hydrogen-bond donors (Lipinski definition) is 0. The van der Waals surface area contributed by atoms with E-state index in [1.165, 1.54) is 7.11 Å². The summed E-state index contributed by atoms with van der Waals surface area (Å²) in [5.74, 6) is -0.231. The molecular formula is C12H13ClO2. The van der Waals surface area contributed by atoms with Crippen molar-refractivity contribution < 1.29 is 9.53 Å². The van der Waals surface area contributed by atoms with Crippen molar-refractivity contribution in [3.05, 3.63) is 47.0 Å². The molecule has 0 bridgehead atoms. The number of allylic oxidation sites excluding steroid dienone is 1. The van der Waals surface area contributed by atoms with Gasteiger partial charge in [0.05, 0.1) is 13.5 Å². The molecule has 0 unspecified atom stereocenters. The van der Waals surface area contributed by atoms with Gasteiger partial charge in [-0.1, -0.05) is 42.0 Å². The van der Waals surface area contributed by atoms with Gasteiger partial charge in [0.2, 0.25) is 0 Å². The summed E-state index contributed by atoms with van der Waals surface area (Å²) in [6.07, 6.45) is 4.74. The first-order valence-corrected chi connectivity index (χ1v) is 5.07. The maximum atomic E-state index is 10.8. The molecule has 15 heavy (non-hydrogen) atoms. The summed E-state index contributed by atoms with van der Waals surface area (Å²) >= 11 is 5.97. The van der Waals surface area contributed by atoms with Crippen molar-refractivity contribution in [2.75, 3.05) is 7.11 Å². The third kappa shape index (κ3) is 4.17. The highest BCUT2D eigenvalue weighted by Crippen LogP contribution is 2.15. The lowest BCUT2D eigenvalue weighted by molar-refractivity contribution is -0.139. The van der Waals surface area contributed by atoms with Crippen molar-refractivity contribution in [1.29, 1.82) is 0 Å². The molecule has 80 valence electrons. The summed E-state index contributed by atoms with van der Waals surface area (Å²) in [7, 11) is 1.38. The van der Waals surface area contributed by atoms with Gasteiger partial charge in [0.1, 0.15) is 0 Å². The lowest BCUT2D eigenvalue weighted by Gasteiger charge is -1.98. The standard InChI is InChI=1S/C12H13ClO2/c1-15-12(14)9-5-3-7-10-6-2-4-8-11(10)13/h2-6,8H,7,9H2,1H3/b5-3-. The molecule has 1 aromatic rings. The fraction of sp³-hybridized carbons (Fsp3) is 0.250. The van der Waals surface area contributed by atoms with Crippen LogP contribution in [0.15, 0.2) is 36.4 Å². The average molecular weight is 225 g/mol. The number of carbonyl (C=O) groups is 1. The maximum Gasteiger partial charge on any atom is 0.309 e. The third-order valence-electron chi connectivity index (χ3n) is 1.97. The van der Waals surface area contributed by atoms with Gasteiger partial charge in [0.15, 0.2) is 0 Å².